The summed E-state index contributed by atoms with van der Waals surface area (Å²) in [6.45, 7) is 0. The molecule has 0 unspecified atom stereocenters. The van der Waals surface area contributed by atoms with Gasteiger partial charge in [0, 0.05) is 0 Å². The summed E-state index contributed by atoms with van der Waals surface area (Å²) in [5.41, 5.74) is -5.50. The third-order valence-electron chi connectivity index (χ3n) is 1.51. The number of nitrogens with one attached hydrogen (secondary N) is 1. The molecule has 1 atom stereocenters. The number of hydrogen-bond donors (Lipinski definition) is 2. The number of thioether (sulfide) groups is 1. The quantitative estimate of drug-likeness (QED) is 0.746. The van der Waals surface area contributed by atoms with Crippen LogP contribution >= 0.6 is 11.8 Å². The van der Waals surface area contributed by atoms with Gasteiger partial charge < -0.3 is 5.11 Å². The Hall–Kier alpha value is -0.480. The van der Waals surface area contributed by atoms with Crippen molar-refractivity contribution in [3.8, 4) is 0 Å². The van der Waals surface area contributed by atoms with Crippen molar-refractivity contribution in [2.75, 3.05) is 12.0 Å². The van der Waals surface area contributed by atoms with Crippen LogP contribution in [-0.4, -0.2) is 43.1 Å². The predicted molar refractivity (Wildman–Crippen MR) is 52.5 cm³/mol. The fourth-order valence-electron chi connectivity index (χ4n) is 0.723. The van der Waals surface area contributed by atoms with Crippen molar-refractivity contribution < 1.29 is 31.5 Å². The summed E-state index contributed by atoms with van der Waals surface area (Å²) in [6, 6.07) is -1.76. The third-order valence-corrected chi connectivity index (χ3v) is 3.36. The van der Waals surface area contributed by atoms with E-state index in [1.807, 2.05) is 0 Å². The molecular weight excluding hydrogens is 271 g/mol. The van der Waals surface area contributed by atoms with E-state index in [-0.39, 0.29) is 12.2 Å². The molecule has 0 saturated heterocycles. The lowest BCUT2D eigenvalue weighted by atomic mass is 10.2. The monoisotopic (exact) mass is 281 g/mol. The van der Waals surface area contributed by atoms with Crippen LogP contribution in [0.4, 0.5) is 13.2 Å². The zero-order chi connectivity index (χ0) is 13.0. The van der Waals surface area contributed by atoms with Crippen molar-refractivity contribution in [1.82, 2.24) is 4.72 Å². The first kappa shape index (κ1) is 15.5. The highest BCUT2D eigenvalue weighted by molar-refractivity contribution is 7.98. The van der Waals surface area contributed by atoms with E-state index < -0.39 is 27.5 Å². The highest BCUT2D eigenvalue weighted by Crippen LogP contribution is 2.22. The summed E-state index contributed by atoms with van der Waals surface area (Å²) in [6.07, 6.45) is 1.41. The number of aliphatic carboxylic acids is 1. The van der Waals surface area contributed by atoms with Gasteiger partial charge in [0.2, 0.25) is 0 Å². The Morgan fingerprint density at radius 1 is 1.50 bits per heavy atom. The maximum atomic E-state index is 11.9. The number of carbonyl (C=O) groups is 1. The molecule has 0 radical (unpaired) electrons. The van der Waals surface area contributed by atoms with Gasteiger partial charge in [-0.25, -0.2) is 8.42 Å². The maximum Gasteiger partial charge on any atom is 0.511 e. The van der Waals surface area contributed by atoms with Crippen molar-refractivity contribution in [3.63, 3.8) is 0 Å². The highest BCUT2D eigenvalue weighted by Gasteiger charge is 2.47. The normalized spacial score (nSPS) is 14.8. The van der Waals surface area contributed by atoms with E-state index in [9.17, 15) is 26.4 Å². The van der Waals surface area contributed by atoms with E-state index in [0.29, 0.717) is 0 Å². The molecule has 0 aromatic rings. The van der Waals surface area contributed by atoms with Gasteiger partial charge in [-0.2, -0.15) is 29.7 Å². The first-order chi connectivity index (χ1) is 7.12. The second kappa shape index (κ2) is 5.73. The van der Waals surface area contributed by atoms with Crippen molar-refractivity contribution in [1.29, 1.82) is 0 Å². The molecule has 0 aliphatic rings. The largest absolute Gasteiger partial charge is 0.511 e. The van der Waals surface area contributed by atoms with Crippen LogP contribution in [0.2, 0.25) is 0 Å². The summed E-state index contributed by atoms with van der Waals surface area (Å²) in [5, 5.41) is 8.53. The third kappa shape index (κ3) is 4.58. The average Bonchev–Trinajstić information content (AvgIpc) is 2.09. The number of sulfonamides is 1. The number of halogens is 3. The van der Waals surface area contributed by atoms with Crippen LogP contribution in [0.25, 0.3) is 0 Å². The van der Waals surface area contributed by atoms with Gasteiger partial charge in [-0.05, 0) is 18.4 Å². The number of carboxylic acids is 1. The molecule has 0 spiro atoms. The van der Waals surface area contributed by atoms with Crippen molar-refractivity contribution in [2.45, 2.75) is 18.0 Å². The molecule has 0 aromatic heterocycles. The zero-order valence-electron chi connectivity index (χ0n) is 8.11. The Kier molecular flexibility index (Phi) is 5.56. The van der Waals surface area contributed by atoms with Gasteiger partial charge in [0.25, 0.3) is 0 Å². The van der Waals surface area contributed by atoms with Gasteiger partial charge in [0.05, 0.1) is 0 Å². The number of rotatable bonds is 6. The van der Waals surface area contributed by atoms with Gasteiger partial charge >= 0.3 is 21.5 Å². The van der Waals surface area contributed by atoms with Crippen molar-refractivity contribution in [2.24, 2.45) is 0 Å². The Morgan fingerprint density at radius 3 is 2.31 bits per heavy atom. The Bertz CT molecular complexity index is 340. The van der Waals surface area contributed by atoms with Crippen molar-refractivity contribution in [3.05, 3.63) is 0 Å². The van der Waals surface area contributed by atoms with E-state index in [2.05, 4.69) is 0 Å². The van der Waals surface area contributed by atoms with Gasteiger partial charge in [0.1, 0.15) is 6.04 Å². The lowest BCUT2D eigenvalue weighted by Crippen LogP contribution is -2.46. The minimum atomic E-state index is -5.61. The van der Waals surface area contributed by atoms with E-state index in [1.54, 1.807) is 6.26 Å². The van der Waals surface area contributed by atoms with E-state index in [4.69, 9.17) is 5.11 Å². The highest BCUT2D eigenvalue weighted by atomic mass is 32.2. The molecule has 0 aliphatic heterocycles. The van der Waals surface area contributed by atoms with E-state index >= 15 is 0 Å². The Labute approximate surface area is 94.5 Å². The number of hydrogen-bond acceptors (Lipinski definition) is 4. The molecule has 96 valence electrons. The SMILES string of the molecule is CSCC[C@H](NS(=O)(=O)C(F)(F)F)C(=O)O. The second-order valence-corrected chi connectivity index (χ2v) is 5.43. The van der Waals surface area contributed by atoms with Crippen LogP contribution < -0.4 is 4.72 Å². The summed E-state index contributed by atoms with van der Waals surface area (Å²) < 4.78 is 58.1. The Morgan fingerprint density at radius 2 is 2.00 bits per heavy atom. The summed E-state index contributed by atoms with van der Waals surface area (Å²) in [7, 11) is -5.61. The van der Waals surface area contributed by atoms with Crippen LogP contribution in [0.5, 0.6) is 0 Å². The zero-order valence-corrected chi connectivity index (χ0v) is 9.75. The smallest absolute Gasteiger partial charge is 0.480 e. The lowest BCUT2D eigenvalue weighted by Gasteiger charge is -2.15. The Balaban J connectivity index is 4.71. The van der Waals surface area contributed by atoms with Crippen LogP contribution in [0.3, 0.4) is 0 Å². The van der Waals surface area contributed by atoms with E-state index in [1.165, 1.54) is 11.8 Å². The minimum Gasteiger partial charge on any atom is -0.480 e. The molecule has 5 nitrogen and oxygen atoms in total. The topological polar surface area (TPSA) is 83.5 Å². The summed E-state index contributed by atoms with van der Waals surface area (Å²) in [4.78, 5) is 10.5. The molecule has 0 fully saturated rings. The average molecular weight is 281 g/mol. The molecule has 0 saturated carbocycles. The first-order valence-corrected chi connectivity index (χ1v) is 6.80. The fraction of sp³-hybridized carbons (Fsp3) is 0.833. The molecule has 16 heavy (non-hydrogen) atoms. The molecule has 0 aromatic carbocycles. The molecule has 0 bridgehead atoms. The van der Waals surface area contributed by atoms with Gasteiger partial charge in [0.15, 0.2) is 0 Å². The van der Waals surface area contributed by atoms with Crippen LogP contribution in [0.1, 0.15) is 6.42 Å². The van der Waals surface area contributed by atoms with Gasteiger partial charge in [-0.15, -0.1) is 0 Å². The minimum absolute atomic E-state index is 0.216. The van der Waals surface area contributed by atoms with Crippen LogP contribution in [0.15, 0.2) is 0 Å². The predicted octanol–water partition coefficient (Wildman–Crippen LogP) is 0.632. The molecule has 2 N–H and O–H groups in total. The van der Waals surface area contributed by atoms with Crippen LogP contribution in [0, 0.1) is 0 Å². The summed E-state index contributed by atoms with van der Waals surface area (Å²) >= 11 is 1.20. The fourth-order valence-corrected chi connectivity index (χ4v) is 1.92. The maximum absolute atomic E-state index is 11.9. The lowest BCUT2D eigenvalue weighted by molar-refractivity contribution is -0.139. The molecule has 0 rings (SSSR count). The first-order valence-electron chi connectivity index (χ1n) is 3.92. The number of alkyl halides is 3. The second-order valence-electron chi connectivity index (χ2n) is 2.74. The van der Waals surface area contributed by atoms with Gasteiger partial charge in [-0.3, -0.25) is 4.79 Å². The molecule has 10 heteroatoms. The molecule has 0 heterocycles. The van der Waals surface area contributed by atoms with E-state index in [0.717, 1.165) is 4.72 Å². The standard InChI is InChI=1S/C6H10F3NO4S2/c1-15-3-2-4(5(11)12)10-16(13,14)6(7,8)9/h4,10H,2-3H2,1H3,(H,11,12)/t4-/m0/s1. The molecule has 0 aliphatic carbocycles. The summed E-state index contributed by atoms with van der Waals surface area (Å²) in [5.74, 6) is -1.40. The van der Waals surface area contributed by atoms with Crippen molar-refractivity contribution >= 4 is 27.8 Å². The van der Waals surface area contributed by atoms with Crippen LogP contribution in [-0.2, 0) is 14.8 Å². The number of carboxylic acid groups (broad SMARTS) is 1. The molecular formula is C6H10F3NO4S2. The van der Waals surface area contributed by atoms with Gasteiger partial charge in [-0.1, -0.05) is 0 Å². The molecule has 0 amide bonds.